The predicted molar refractivity (Wildman–Crippen MR) is 79.9 cm³/mol. The molecule has 1 aliphatic heterocycles. The summed E-state index contributed by atoms with van der Waals surface area (Å²) < 4.78 is 5.78. The number of aromatic carboxylic acids is 1. The minimum absolute atomic E-state index is 0.0179. The van der Waals surface area contributed by atoms with E-state index in [1.54, 1.807) is 18.2 Å². The van der Waals surface area contributed by atoms with Gasteiger partial charge in [-0.15, -0.1) is 0 Å². The Morgan fingerprint density at radius 3 is 2.90 bits per heavy atom. The Morgan fingerprint density at radius 1 is 1.29 bits per heavy atom. The summed E-state index contributed by atoms with van der Waals surface area (Å²) in [4.78, 5) is 11.0. The first kappa shape index (κ1) is 13.9. The van der Waals surface area contributed by atoms with Crippen LogP contribution in [0.4, 0.5) is 0 Å². The van der Waals surface area contributed by atoms with Crippen molar-refractivity contribution in [3.63, 3.8) is 0 Å². The summed E-state index contributed by atoms with van der Waals surface area (Å²) >= 11 is 6.02. The van der Waals surface area contributed by atoms with Gasteiger partial charge in [0.25, 0.3) is 0 Å². The topological polar surface area (TPSA) is 58.6 Å². The Kier molecular flexibility index (Phi) is 3.82. The Bertz CT molecular complexity index is 687. The highest BCUT2D eigenvalue weighted by Gasteiger charge is 2.19. The zero-order valence-electron chi connectivity index (χ0n) is 11.2. The first-order valence-electron chi connectivity index (χ1n) is 6.61. The number of fused-ring (bicyclic) bond motifs is 1. The number of ether oxygens (including phenoxy) is 1. The van der Waals surface area contributed by atoms with Crippen molar-refractivity contribution in [2.24, 2.45) is 0 Å². The van der Waals surface area contributed by atoms with Crippen molar-refractivity contribution in [1.82, 2.24) is 5.32 Å². The highest BCUT2D eigenvalue weighted by molar-refractivity contribution is 6.30. The second-order valence-corrected chi connectivity index (χ2v) is 5.36. The van der Waals surface area contributed by atoms with E-state index in [2.05, 4.69) is 5.32 Å². The lowest BCUT2D eigenvalue weighted by atomic mass is 10.1. The summed E-state index contributed by atoms with van der Waals surface area (Å²) in [6.45, 7) is 1.04. The molecule has 0 radical (unpaired) electrons. The molecule has 2 aromatic carbocycles. The Hall–Kier alpha value is -2.04. The van der Waals surface area contributed by atoms with E-state index in [1.807, 2.05) is 24.3 Å². The van der Waals surface area contributed by atoms with Gasteiger partial charge in [-0.05, 0) is 29.8 Å². The number of carboxylic acids is 1. The summed E-state index contributed by atoms with van der Waals surface area (Å²) in [5.41, 5.74) is 2.23. The van der Waals surface area contributed by atoms with Crippen LogP contribution in [0.5, 0.6) is 5.75 Å². The number of benzene rings is 2. The van der Waals surface area contributed by atoms with E-state index in [0.717, 1.165) is 11.1 Å². The van der Waals surface area contributed by atoms with Crippen LogP contribution in [0.25, 0.3) is 0 Å². The minimum Gasteiger partial charge on any atom is -0.491 e. The minimum atomic E-state index is -0.954. The predicted octanol–water partition coefficient (Wildman–Crippen LogP) is 3.26. The third-order valence-corrected chi connectivity index (χ3v) is 3.74. The van der Waals surface area contributed by atoms with Crippen LogP contribution < -0.4 is 10.1 Å². The standard InChI is InChI=1S/C16H14ClNO3/c17-13-3-1-2-10(6-13)14-9-21-15-7-11(16(19)20)4-5-12(15)8-18-14/h1-7,14,18H,8-9H2,(H,19,20)/t14-/m1/s1. The molecule has 5 heteroatoms. The van der Waals surface area contributed by atoms with Crippen LogP contribution in [0.3, 0.4) is 0 Å². The number of hydrogen-bond donors (Lipinski definition) is 2. The van der Waals surface area contributed by atoms with Crippen LogP contribution in [0, 0.1) is 0 Å². The molecule has 0 bridgehead atoms. The van der Waals surface area contributed by atoms with Gasteiger partial charge in [0.1, 0.15) is 12.4 Å². The van der Waals surface area contributed by atoms with Gasteiger partial charge in [-0.2, -0.15) is 0 Å². The average Bonchev–Trinajstić information content (AvgIpc) is 2.69. The van der Waals surface area contributed by atoms with E-state index in [0.29, 0.717) is 23.9 Å². The monoisotopic (exact) mass is 303 g/mol. The molecular weight excluding hydrogens is 290 g/mol. The van der Waals surface area contributed by atoms with E-state index in [9.17, 15) is 4.79 Å². The van der Waals surface area contributed by atoms with E-state index in [4.69, 9.17) is 21.4 Å². The number of halogens is 1. The van der Waals surface area contributed by atoms with E-state index < -0.39 is 5.97 Å². The molecule has 1 heterocycles. The third kappa shape index (κ3) is 3.01. The van der Waals surface area contributed by atoms with Crippen molar-refractivity contribution in [2.45, 2.75) is 12.6 Å². The molecule has 0 amide bonds. The molecule has 3 rings (SSSR count). The maximum absolute atomic E-state index is 11.0. The second kappa shape index (κ2) is 5.76. The number of carboxylic acid groups (broad SMARTS) is 1. The molecule has 2 N–H and O–H groups in total. The van der Waals surface area contributed by atoms with Crippen LogP contribution in [-0.4, -0.2) is 17.7 Å². The molecule has 1 atom stereocenters. The van der Waals surface area contributed by atoms with Crippen molar-refractivity contribution in [3.05, 3.63) is 64.2 Å². The SMILES string of the molecule is O=C(O)c1ccc2c(c1)OC[C@H](c1cccc(Cl)c1)NC2. The fraction of sp³-hybridized carbons (Fsp3) is 0.188. The molecule has 0 aliphatic carbocycles. The van der Waals surface area contributed by atoms with Gasteiger partial charge in [-0.1, -0.05) is 29.8 Å². The Labute approximate surface area is 127 Å². The third-order valence-electron chi connectivity index (χ3n) is 3.51. The molecule has 0 saturated heterocycles. The second-order valence-electron chi connectivity index (χ2n) is 4.93. The molecular formula is C16H14ClNO3. The molecule has 0 aromatic heterocycles. The summed E-state index contributed by atoms with van der Waals surface area (Å²) in [6, 6.07) is 12.6. The zero-order valence-corrected chi connectivity index (χ0v) is 11.9. The zero-order chi connectivity index (χ0) is 14.8. The molecule has 108 valence electrons. The van der Waals surface area contributed by atoms with Crippen molar-refractivity contribution in [1.29, 1.82) is 0 Å². The Morgan fingerprint density at radius 2 is 2.14 bits per heavy atom. The Balaban J connectivity index is 1.83. The van der Waals surface area contributed by atoms with Crippen LogP contribution in [-0.2, 0) is 6.54 Å². The number of carbonyl (C=O) groups is 1. The average molecular weight is 304 g/mol. The van der Waals surface area contributed by atoms with Gasteiger partial charge in [0.2, 0.25) is 0 Å². The van der Waals surface area contributed by atoms with Crippen LogP contribution >= 0.6 is 11.6 Å². The van der Waals surface area contributed by atoms with Gasteiger partial charge >= 0.3 is 5.97 Å². The van der Waals surface area contributed by atoms with Crippen molar-refractivity contribution >= 4 is 17.6 Å². The number of rotatable bonds is 2. The quantitative estimate of drug-likeness (QED) is 0.894. The summed E-state index contributed by atoms with van der Waals surface area (Å²) in [6.07, 6.45) is 0. The lowest BCUT2D eigenvalue weighted by Gasteiger charge is -2.16. The fourth-order valence-corrected chi connectivity index (χ4v) is 2.57. The lowest BCUT2D eigenvalue weighted by Crippen LogP contribution is -2.23. The van der Waals surface area contributed by atoms with Gasteiger partial charge in [0, 0.05) is 17.1 Å². The van der Waals surface area contributed by atoms with E-state index in [-0.39, 0.29) is 11.6 Å². The molecule has 0 unspecified atom stereocenters. The first-order chi connectivity index (χ1) is 10.1. The molecule has 0 saturated carbocycles. The maximum atomic E-state index is 11.0. The van der Waals surface area contributed by atoms with Gasteiger partial charge < -0.3 is 15.2 Å². The summed E-state index contributed by atoms with van der Waals surface area (Å²) in [5, 5.41) is 13.1. The van der Waals surface area contributed by atoms with Crippen LogP contribution in [0.1, 0.15) is 27.5 Å². The number of nitrogens with one attached hydrogen (secondary N) is 1. The van der Waals surface area contributed by atoms with Gasteiger partial charge in [-0.3, -0.25) is 0 Å². The highest BCUT2D eigenvalue weighted by atomic mass is 35.5. The normalized spacial score (nSPS) is 17.5. The molecule has 2 aromatic rings. The lowest BCUT2D eigenvalue weighted by molar-refractivity contribution is 0.0696. The molecule has 1 aliphatic rings. The van der Waals surface area contributed by atoms with Crippen LogP contribution in [0.15, 0.2) is 42.5 Å². The molecule has 4 nitrogen and oxygen atoms in total. The van der Waals surface area contributed by atoms with E-state index in [1.165, 1.54) is 0 Å². The number of hydrogen-bond acceptors (Lipinski definition) is 3. The largest absolute Gasteiger partial charge is 0.491 e. The maximum Gasteiger partial charge on any atom is 0.335 e. The molecule has 21 heavy (non-hydrogen) atoms. The van der Waals surface area contributed by atoms with Crippen molar-refractivity contribution < 1.29 is 14.6 Å². The smallest absolute Gasteiger partial charge is 0.335 e. The van der Waals surface area contributed by atoms with Crippen molar-refractivity contribution in [2.75, 3.05) is 6.61 Å². The van der Waals surface area contributed by atoms with Gasteiger partial charge in [-0.25, -0.2) is 4.79 Å². The van der Waals surface area contributed by atoms with E-state index >= 15 is 0 Å². The van der Waals surface area contributed by atoms with Gasteiger partial charge in [0.15, 0.2) is 0 Å². The van der Waals surface area contributed by atoms with Crippen molar-refractivity contribution in [3.8, 4) is 5.75 Å². The summed E-state index contributed by atoms with van der Waals surface area (Å²) in [7, 11) is 0. The van der Waals surface area contributed by atoms with Gasteiger partial charge in [0.05, 0.1) is 11.6 Å². The molecule has 0 spiro atoms. The molecule has 0 fully saturated rings. The highest BCUT2D eigenvalue weighted by Crippen LogP contribution is 2.27. The first-order valence-corrected chi connectivity index (χ1v) is 6.99. The summed E-state index contributed by atoms with van der Waals surface area (Å²) in [5.74, 6) is -0.336. The fourth-order valence-electron chi connectivity index (χ4n) is 2.37. The van der Waals surface area contributed by atoms with Crippen LogP contribution in [0.2, 0.25) is 5.02 Å².